The second-order valence-corrected chi connectivity index (χ2v) is 12.2. The van der Waals surface area contributed by atoms with Crippen molar-refractivity contribution in [1.82, 2.24) is 14.1 Å². The predicted molar refractivity (Wildman–Crippen MR) is 138 cm³/mol. The van der Waals surface area contributed by atoms with Gasteiger partial charge in [-0.1, -0.05) is 41.9 Å². The van der Waals surface area contributed by atoms with Crippen molar-refractivity contribution in [3.8, 4) is 5.75 Å². The van der Waals surface area contributed by atoms with E-state index in [1.165, 1.54) is 0 Å². The standard InChI is InChI=1S/C26H34ClN3O4S/c1-28-14-16-29(17-15-28)25(31)18-26(21-34-24-10-8-23(27)9-11-24)12-5-13-30(20-26)35(32,33)19-22-6-3-2-4-7-22/h2-4,6-11H,5,12-21H2,1H3. The minimum absolute atomic E-state index is 0.0473. The molecule has 0 spiro atoms. The Morgan fingerprint density at radius 2 is 1.69 bits per heavy atom. The lowest BCUT2D eigenvalue weighted by molar-refractivity contribution is -0.136. The van der Waals surface area contributed by atoms with Crippen LogP contribution in [0.2, 0.25) is 5.02 Å². The van der Waals surface area contributed by atoms with Gasteiger partial charge in [-0.05, 0) is 49.7 Å². The molecule has 0 bridgehead atoms. The van der Waals surface area contributed by atoms with Gasteiger partial charge < -0.3 is 14.5 Å². The smallest absolute Gasteiger partial charge is 0.223 e. The molecule has 2 aromatic rings. The normalized spacial score (nSPS) is 22.2. The van der Waals surface area contributed by atoms with Gasteiger partial charge in [0.15, 0.2) is 0 Å². The summed E-state index contributed by atoms with van der Waals surface area (Å²) in [5.41, 5.74) is 0.164. The third-order valence-electron chi connectivity index (χ3n) is 6.95. The summed E-state index contributed by atoms with van der Waals surface area (Å²) in [6.45, 7) is 4.08. The first-order chi connectivity index (χ1) is 16.7. The highest BCUT2D eigenvalue weighted by Gasteiger charge is 2.43. The molecule has 0 radical (unpaired) electrons. The third kappa shape index (κ3) is 6.97. The number of nitrogens with zero attached hydrogens (tertiary/aromatic N) is 3. The van der Waals surface area contributed by atoms with Crippen LogP contribution in [0.3, 0.4) is 0 Å². The maximum Gasteiger partial charge on any atom is 0.223 e. The largest absolute Gasteiger partial charge is 0.493 e. The number of sulfonamides is 1. The lowest BCUT2D eigenvalue weighted by atomic mass is 9.78. The van der Waals surface area contributed by atoms with E-state index in [4.69, 9.17) is 16.3 Å². The highest BCUT2D eigenvalue weighted by molar-refractivity contribution is 7.88. The Morgan fingerprint density at radius 3 is 2.37 bits per heavy atom. The molecule has 190 valence electrons. The molecule has 2 heterocycles. The van der Waals surface area contributed by atoms with Gasteiger partial charge in [0.1, 0.15) is 5.75 Å². The molecule has 0 N–H and O–H groups in total. The van der Waals surface area contributed by atoms with Crippen LogP contribution in [0.1, 0.15) is 24.8 Å². The first-order valence-electron chi connectivity index (χ1n) is 12.1. The molecule has 2 saturated heterocycles. The Labute approximate surface area is 213 Å². The van der Waals surface area contributed by atoms with Crippen LogP contribution in [-0.2, 0) is 20.6 Å². The fraction of sp³-hybridized carbons (Fsp3) is 0.500. The van der Waals surface area contributed by atoms with Crippen molar-refractivity contribution >= 4 is 27.5 Å². The Balaban J connectivity index is 1.52. The maximum absolute atomic E-state index is 13.3. The number of piperazine rings is 1. The molecule has 7 nitrogen and oxygen atoms in total. The fourth-order valence-corrected chi connectivity index (χ4v) is 6.65. The van der Waals surface area contributed by atoms with E-state index in [-0.39, 0.29) is 31.2 Å². The zero-order chi connectivity index (χ0) is 24.9. The van der Waals surface area contributed by atoms with E-state index in [2.05, 4.69) is 11.9 Å². The van der Waals surface area contributed by atoms with E-state index in [1.807, 2.05) is 35.2 Å². The zero-order valence-electron chi connectivity index (χ0n) is 20.2. The Bertz CT molecular complexity index is 1090. The fourth-order valence-electron chi connectivity index (χ4n) is 4.85. The number of carbonyl (C=O) groups excluding carboxylic acids is 1. The summed E-state index contributed by atoms with van der Waals surface area (Å²) in [4.78, 5) is 17.5. The summed E-state index contributed by atoms with van der Waals surface area (Å²) in [7, 11) is -1.48. The van der Waals surface area contributed by atoms with Gasteiger partial charge in [-0.2, -0.15) is 0 Å². The number of hydrogen-bond acceptors (Lipinski definition) is 5. The second-order valence-electron chi connectivity index (χ2n) is 9.78. The van der Waals surface area contributed by atoms with E-state index in [1.54, 1.807) is 28.6 Å². The Kier molecular flexibility index (Phi) is 8.37. The van der Waals surface area contributed by atoms with Gasteiger partial charge in [-0.25, -0.2) is 12.7 Å². The van der Waals surface area contributed by atoms with Gasteiger partial charge in [-0.3, -0.25) is 4.79 Å². The van der Waals surface area contributed by atoms with Crippen LogP contribution in [-0.4, -0.2) is 81.4 Å². The van der Waals surface area contributed by atoms with Gasteiger partial charge in [0, 0.05) is 56.1 Å². The Hall–Kier alpha value is -2.13. The minimum atomic E-state index is -3.54. The van der Waals surface area contributed by atoms with Crippen molar-refractivity contribution in [2.24, 2.45) is 5.41 Å². The van der Waals surface area contributed by atoms with Crippen LogP contribution < -0.4 is 4.74 Å². The van der Waals surface area contributed by atoms with Crippen LogP contribution in [0.4, 0.5) is 0 Å². The molecule has 1 atom stereocenters. The molecule has 9 heteroatoms. The quantitative estimate of drug-likeness (QED) is 0.534. The number of ether oxygens (including phenoxy) is 1. The predicted octanol–water partition coefficient (Wildman–Crippen LogP) is 3.50. The number of hydrogen-bond donors (Lipinski definition) is 0. The van der Waals surface area contributed by atoms with E-state index >= 15 is 0 Å². The van der Waals surface area contributed by atoms with Gasteiger partial charge in [0.05, 0.1) is 12.4 Å². The van der Waals surface area contributed by atoms with Crippen LogP contribution in [0, 0.1) is 5.41 Å². The van der Waals surface area contributed by atoms with Crippen molar-refractivity contribution in [2.45, 2.75) is 25.0 Å². The van der Waals surface area contributed by atoms with Gasteiger partial charge in [0.2, 0.25) is 15.9 Å². The number of rotatable bonds is 8. The van der Waals surface area contributed by atoms with Crippen molar-refractivity contribution < 1.29 is 17.9 Å². The molecule has 35 heavy (non-hydrogen) atoms. The minimum Gasteiger partial charge on any atom is -0.493 e. The monoisotopic (exact) mass is 519 g/mol. The number of amides is 1. The molecule has 2 fully saturated rings. The van der Waals surface area contributed by atoms with Crippen LogP contribution in [0.5, 0.6) is 5.75 Å². The molecule has 1 amide bonds. The number of carbonyl (C=O) groups is 1. The number of halogens is 1. The summed E-state index contributed by atoms with van der Waals surface area (Å²) in [5, 5.41) is 0.619. The number of likely N-dealkylation sites (N-methyl/N-ethyl adjacent to an activating group) is 1. The van der Waals surface area contributed by atoms with Crippen LogP contribution in [0.25, 0.3) is 0 Å². The van der Waals surface area contributed by atoms with E-state index in [0.717, 1.165) is 25.1 Å². The topological polar surface area (TPSA) is 70.2 Å². The summed E-state index contributed by atoms with van der Waals surface area (Å²) in [5.74, 6) is 0.680. The van der Waals surface area contributed by atoms with Crippen molar-refractivity contribution in [3.63, 3.8) is 0 Å². The summed E-state index contributed by atoms with van der Waals surface area (Å²) >= 11 is 6.01. The van der Waals surface area contributed by atoms with Gasteiger partial charge in [-0.15, -0.1) is 0 Å². The molecule has 0 saturated carbocycles. The molecule has 0 aliphatic carbocycles. The van der Waals surface area contributed by atoms with Gasteiger partial charge in [0.25, 0.3) is 0 Å². The number of benzene rings is 2. The molecule has 2 aliphatic rings. The van der Waals surface area contributed by atoms with Crippen LogP contribution in [0.15, 0.2) is 54.6 Å². The lowest BCUT2D eigenvalue weighted by Crippen LogP contribution is -2.53. The highest BCUT2D eigenvalue weighted by atomic mass is 35.5. The lowest BCUT2D eigenvalue weighted by Gasteiger charge is -2.43. The summed E-state index contributed by atoms with van der Waals surface area (Å²) in [6, 6.07) is 16.3. The summed E-state index contributed by atoms with van der Waals surface area (Å²) < 4.78 is 34.4. The molecule has 2 aliphatic heterocycles. The average molecular weight is 520 g/mol. The highest BCUT2D eigenvalue weighted by Crippen LogP contribution is 2.37. The molecule has 1 unspecified atom stereocenters. The first-order valence-corrected chi connectivity index (χ1v) is 14.1. The van der Waals surface area contributed by atoms with Crippen LogP contribution >= 0.6 is 11.6 Å². The molecule has 2 aromatic carbocycles. The van der Waals surface area contributed by atoms with E-state index in [0.29, 0.717) is 36.8 Å². The Morgan fingerprint density at radius 1 is 1.00 bits per heavy atom. The molecular weight excluding hydrogens is 486 g/mol. The number of piperidine rings is 1. The molecular formula is C26H34ClN3O4S. The summed E-state index contributed by atoms with van der Waals surface area (Å²) in [6.07, 6.45) is 1.69. The van der Waals surface area contributed by atoms with E-state index in [9.17, 15) is 13.2 Å². The van der Waals surface area contributed by atoms with Crippen molar-refractivity contribution in [1.29, 1.82) is 0 Å². The van der Waals surface area contributed by atoms with E-state index < -0.39 is 15.4 Å². The third-order valence-corrected chi connectivity index (χ3v) is 9.00. The average Bonchev–Trinajstić information content (AvgIpc) is 2.85. The zero-order valence-corrected chi connectivity index (χ0v) is 21.8. The van der Waals surface area contributed by atoms with Crippen molar-refractivity contribution in [2.75, 3.05) is 52.9 Å². The molecule has 0 aromatic heterocycles. The second kappa shape index (κ2) is 11.3. The van der Waals surface area contributed by atoms with Crippen molar-refractivity contribution in [3.05, 3.63) is 65.2 Å². The van der Waals surface area contributed by atoms with Gasteiger partial charge >= 0.3 is 0 Å². The molecule has 4 rings (SSSR count). The maximum atomic E-state index is 13.3. The first kappa shape index (κ1) is 25.9. The SMILES string of the molecule is CN1CCN(C(=O)CC2(COc3ccc(Cl)cc3)CCCN(S(=O)(=O)Cc3ccccc3)C2)CC1.